The van der Waals surface area contributed by atoms with E-state index in [-0.39, 0.29) is 21.5 Å². The zero-order chi connectivity index (χ0) is 17.0. The van der Waals surface area contributed by atoms with E-state index in [1.807, 2.05) is 0 Å². The Morgan fingerprint density at radius 3 is 2.61 bits per heavy atom. The molecule has 122 valence electrons. The van der Waals surface area contributed by atoms with Gasteiger partial charge in [0, 0.05) is 16.3 Å². The number of anilines is 1. The van der Waals surface area contributed by atoms with Crippen LogP contribution in [0.3, 0.4) is 0 Å². The fraction of sp³-hybridized carbons (Fsp3) is 0.188. The predicted octanol–water partition coefficient (Wildman–Crippen LogP) is 3.74. The van der Waals surface area contributed by atoms with E-state index in [0.29, 0.717) is 17.9 Å². The average Bonchev–Trinajstić information content (AvgIpc) is 2.49. The second kappa shape index (κ2) is 7.02. The van der Waals surface area contributed by atoms with Gasteiger partial charge in [-0.25, -0.2) is 8.42 Å². The fourth-order valence-electron chi connectivity index (χ4n) is 1.98. The molecule has 2 aromatic rings. The quantitative estimate of drug-likeness (QED) is 0.803. The highest BCUT2D eigenvalue weighted by Crippen LogP contribution is 2.29. The van der Waals surface area contributed by atoms with Crippen LogP contribution >= 0.6 is 11.6 Å². The Hall–Kier alpha value is -2.05. The van der Waals surface area contributed by atoms with E-state index in [2.05, 4.69) is 4.72 Å². The van der Waals surface area contributed by atoms with Crippen molar-refractivity contribution < 1.29 is 17.9 Å². The maximum Gasteiger partial charge on any atom is 0.265 e. The van der Waals surface area contributed by atoms with Crippen molar-refractivity contribution in [2.24, 2.45) is 0 Å². The van der Waals surface area contributed by atoms with Gasteiger partial charge in [0.1, 0.15) is 10.6 Å². The van der Waals surface area contributed by atoms with E-state index in [0.717, 1.165) is 0 Å². The lowest BCUT2D eigenvalue weighted by atomic mass is 10.1. The molecular formula is C16H16ClNO4S. The van der Waals surface area contributed by atoms with Crippen LogP contribution in [0, 0.1) is 0 Å². The van der Waals surface area contributed by atoms with Gasteiger partial charge in [0.25, 0.3) is 10.0 Å². The van der Waals surface area contributed by atoms with E-state index in [1.54, 1.807) is 31.2 Å². The standard InChI is InChI=1S/C16H16ClNO4S/c1-3-22-15-8-7-13(17)10-16(15)23(20,21)18-14-6-4-5-12(9-14)11(2)19/h4-10,18H,3H2,1-2H3. The number of halogens is 1. The number of nitrogens with one attached hydrogen (secondary N) is 1. The van der Waals surface area contributed by atoms with Crippen molar-refractivity contribution in [2.75, 3.05) is 11.3 Å². The van der Waals surface area contributed by atoms with Crippen LogP contribution in [0.15, 0.2) is 47.4 Å². The fourth-order valence-corrected chi connectivity index (χ4v) is 3.44. The second-order valence-electron chi connectivity index (χ2n) is 4.77. The molecule has 0 radical (unpaired) electrons. The largest absolute Gasteiger partial charge is 0.492 e. The molecule has 5 nitrogen and oxygen atoms in total. The van der Waals surface area contributed by atoms with Gasteiger partial charge in [0.2, 0.25) is 0 Å². The zero-order valence-corrected chi connectivity index (χ0v) is 14.2. The van der Waals surface area contributed by atoms with Crippen molar-refractivity contribution in [2.45, 2.75) is 18.7 Å². The molecule has 0 aromatic heterocycles. The number of ketones is 1. The summed E-state index contributed by atoms with van der Waals surface area (Å²) in [6, 6.07) is 10.7. The van der Waals surface area contributed by atoms with Crippen LogP contribution in [0.1, 0.15) is 24.2 Å². The first-order valence-electron chi connectivity index (χ1n) is 6.89. The Morgan fingerprint density at radius 1 is 1.22 bits per heavy atom. The number of benzene rings is 2. The molecule has 0 aliphatic carbocycles. The minimum absolute atomic E-state index is 0.0555. The molecule has 7 heteroatoms. The summed E-state index contributed by atoms with van der Waals surface area (Å²) in [5, 5.41) is 0.284. The normalized spacial score (nSPS) is 11.1. The topological polar surface area (TPSA) is 72.5 Å². The first-order valence-corrected chi connectivity index (χ1v) is 8.76. The van der Waals surface area contributed by atoms with Crippen molar-refractivity contribution in [3.63, 3.8) is 0 Å². The Kier molecular flexibility index (Phi) is 5.28. The lowest BCUT2D eigenvalue weighted by molar-refractivity contribution is 0.101. The molecular weight excluding hydrogens is 338 g/mol. The number of rotatable bonds is 6. The third-order valence-electron chi connectivity index (χ3n) is 3.02. The number of sulfonamides is 1. The van der Waals surface area contributed by atoms with Gasteiger partial charge >= 0.3 is 0 Å². The molecule has 2 rings (SSSR count). The Labute approximate surface area is 140 Å². The summed E-state index contributed by atoms with van der Waals surface area (Å²) in [7, 11) is -3.90. The van der Waals surface area contributed by atoms with Gasteiger partial charge < -0.3 is 4.74 Å². The lowest BCUT2D eigenvalue weighted by Crippen LogP contribution is -2.15. The third-order valence-corrected chi connectivity index (χ3v) is 4.65. The third kappa shape index (κ3) is 4.24. The molecule has 23 heavy (non-hydrogen) atoms. The summed E-state index contributed by atoms with van der Waals surface area (Å²) in [5.74, 6) is 0.0657. The molecule has 2 aromatic carbocycles. The summed E-state index contributed by atoms with van der Waals surface area (Å²) in [6.45, 7) is 3.50. The van der Waals surface area contributed by atoms with E-state index in [4.69, 9.17) is 16.3 Å². The maximum absolute atomic E-state index is 12.6. The SMILES string of the molecule is CCOc1ccc(Cl)cc1S(=O)(=O)Nc1cccc(C(C)=O)c1. The molecule has 0 aliphatic rings. The highest BCUT2D eigenvalue weighted by atomic mass is 35.5. The van der Waals surface area contributed by atoms with Crippen molar-refractivity contribution >= 4 is 33.1 Å². The van der Waals surface area contributed by atoms with Crippen molar-refractivity contribution in [3.8, 4) is 5.75 Å². The summed E-state index contributed by atoms with van der Waals surface area (Å²) < 4.78 is 33.0. The van der Waals surface area contributed by atoms with Crippen LogP contribution in [-0.4, -0.2) is 20.8 Å². The van der Waals surface area contributed by atoms with Gasteiger partial charge in [0.05, 0.1) is 6.61 Å². The maximum atomic E-state index is 12.6. The minimum Gasteiger partial charge on any atom is -0.492 e. The molecule has 0 saturated carbocycles. The first-order chi connectivity index (χ1) is 10.8. The van der Waals surface area contributed by atoms with Crippen molar-refractivity contribution in [1.29, 1.82) is 0 Å². The number of Topliss-reactive ketones (excluding diaryl/α,β-unsaturated/α-hetero) is 1. The van der Waals surface area contributed by atoms with Gasteiger partial charge in [0.15, 0.2) is 5.78 Å². The molecule has 0 spiro atoms. The van der Waals surface area contributed by atoms with Crippen LogP contribution in [-0.2, 0) is 10.0 Å². The molecule has 1 N–H and O–H groups in total. The Balaban J connectivity index is 2.41. The molecule has 0 saturated heterocycles. The van der Waals surface area contributed by atoms with E-state index in [9.17, 15) is 13.2 Å². The van der Waals surface area contributed by atoms with Crippen LogP contribution in [0.5, 0.6) is 5.75 Å². The number of carbonyl (C=O) groups is 1. The second-order valence-corrected chi connectivity index (χ2v) is 6.85. The van der Waals surface area contributed by atoms with Gasteiger partial charge in [-0.2, -0.15) is 0 Å². The Bertz CT molecular complexity index is 834. The molecule has 0 fully saturated rings. The van der Waals surface area contributed by atoms with Gasteiger partial charge in [-0.15, -0.1) is 0 Å². The first kappa shape index (κ1) is 17.3. The van der Waals surface area contributed by atoms with Gasteiger partial charge in [-0.05, 0) is 44.2 Å². The molecule has 0 atom stereocenters. The van der Waals surface area contributed by atoms with Crippen molar-refractivity contribution in [1.82, 2.24) is 0 Å². The monoisotopic (exact) mass is 353 g/mol. The predicted molar refractivity (Wildman–Crippen MR) is 89.9 cm³/mol. The molecule has 0 bridgehead atoms. The average molecular weight is 354 g/mol. The Morgan fingerprint density at radius 2 is 1.96 bits per heavy atom. The van der Waals surface area contributed by atoms with Gasteiger partial charge in [-0.1, -0.05) is 23.7 Å². The van der Waals surface area contributed by atoms with E-state index in [1.165, 1.54) is 25.1 Å². The van der Waals surface area contributed by atoms with Gasteiger partial charge in [-0.3, -0.25) is 9.52 Å². The lowest BCUT2D eigenvalue weighted by Gasteiger charge is -2.13. The summed E-state index contributed by atoms with van der Waals surface area (Å²) in [5.41, 5.74) is 0.710. The van der Waals surface area contributed by atoms with Crippen LogP contribution in [0.2, 0.25) is 5.02 Å². The summed E-state index contributed by atoms with van der Waals surface area (Å²) in [6.07, 6.45) is 0. The molecule has 0 aliphatic heterocycles. The molecule has 0 amide bonds. The molecule has 0 heterocycles. The summed E-state index contributed by atoms with van der Waals surface area (Å²) in [4.78, 5) is 11.3. The zero-order valence-electron chi connectivity index (χ0n) is 12.7. The van der Waals surface area contributed by atoms with Crippen LogP contribution in [0.25, 0.3) is 0 Å². The van der Waals surface area contributed by atoms with E-state index < -0.39 is 10.0 Å². The number of ether oxygens (including phenoxy) is 1. The van der Waals surface area contributed by atoms with E-state index >= 15 is 0 Å². The number of hydrogen-bond acceptors (Lipinski definition) is 4. The van der Waals surface area contributed by atoms with Crippen molar-refractivity contribution in [3.05, 3.63) is 53.1 Å². The number of carbonyl (C=O) groups excluding carboxylic acids is 1. The smallest absolute Gasteiger partial charge is 0.265 e. The minimum atomic E-state index is -3.90. The highest BCUT2D eigenvalue weighted by Gasteiger charge is 2.20. The van der Waals surface area contributed by atoms with Crippen LogP contribution < -0.4 is 9.46 Å². The molecule has 0 unspecified atom stereocenters. The van der Waals surface area contributed by atoms with Crippen LogP contribution in [0.4, 0.5) is 5.69 Å². The number of hydrogen-bond donors (Lipinski definition) is 1. The highest BCUT2D eigenvalue weighted by molar-refractivity contribution is 7.92. The summed E-state index contributed by atoms with van der Waals surface area (Å²) >= 11 is 5.90.